The molecule has 0 aliphatic heterocycles. The number of rotatable bonds is 8. The fourth-order valence-corrected chi connectivity index (χ4v) is 10.3. The average molecular weight is 789 g/mol. The van der Waals surface area contributed by atoms with Gasteiger partial charge in [0, 0.05) is 0 Å². The molecule has 0 atom stereocenters. The van der Waals surface area contributed by atoms with Gasteiger partial charge in [-0.05, 0) is 136 Å². The summed E-state index contributed by atoms with van der Waals surface area (Å²) < 4.78 is 0. The van der Waals surface area contributed by atoms with Crippen molar-refractivity contribution in [2.45, 2.75) is 13.8 Å². The molecule has 0 saturated carbocycles. The second-order valence-corrected chi connectivity index (χ2v) is 16.3. The third-order valence-corrected chi connectivity index (χ3v) is 12.8. The topological polar surface area (TPSA) is 0 Å². The molecule has 0 N–H and O–H groups in total. The Kier molecular flexibility index (Phi) is 9.40. The first-order chi connectivity index (χ1) is 30.7. The second kappa shape index (κ2) is 15.7. The molecular formula is C62H44. The lowest BCUT2D eigenvalue weighted by atomic mass is 9.78. The van der Waals surface area contributed by atoms with E-state index in [1.165, 1.54) is 122 Å². The lowest BCUT2D eigenvalue weighted by molar-refractivity contribution is 1.34. The molecule has 0 radical (unpaired) electrons. The van der Waals surface area contributed by atoms with Crippen LogP contribution in [0.4, 0.5) is 0 Å². The summed E-state index contributed by atoms with van der Waals surface area (Å²) in [6.45, 7) is 4.76. The van der Waals surface area contributed by atoms with Gasteiger partial charge in [-0.25, -0.2) is 0 Å². The molecule has 11 rings (SSSR count). The highest BCUT2D eigenvalue weighted by molar-refractivity contribution is 6.40. The summed E-state index contributed by atoms with van der Waals surface area (Å²) in [5.41, 5.74) is 27.6. The normalized spacial score (nSPS) is 13.1. The van der Waals surface area contributed by atoms with Crippen molar-refractivity contribution >= 4 is 27.9 Å². The van der Waals surface area contributed by atoms with Gasteiger partial charge in [-0.15, -0.1) is 0 Å². The molecule has 0 heteroatoms. The van der Waals surface area contributed by atoms with Gasteiger partial charge in [0.1, 0.15) is 0 Å². The van der Waals surface area contributed by atoms with Gasteiger partial charge in [0.15, 0.2) is 0 Å². The number of fused-ring (bicyclic) bond motifs is 3. The summed E-state index contributed by atoms with van der Waals surface area (Å²) in [6, 6.07) is 84.3. The largest absolute Gasteiger partial charge is 0.0622 e. The maximum Gasteiger partial charge on any atom is -0.0000944 e. The Balaban J connectivity index is 1.40. The zero-order valence-electron chi connectivity index (χ0n) is 34.9. The maximum atomic E-state index is 2.38. The molecule has 9 aromatic rings. The highest BCUT2D eigenvalue weighted by Gasteiger charge is 2.43. The smallest absolute Gasteiger partial charge is 0.0000944 e. The first-order valence-corrected chi connectivity index (χ1v) is 21.6. The van der Waals surface area contributed by atoms with Gasteiger partial charge in [-0.1, -0.05) is 231 Å². The summed E-state index contributed by atoms with van der Waals surface area (Å²) in [7, 11) is 0. The summed E-state index contributed by atoms with van der Waals surface area (Å²) in [6.07, 6.45) is 0. The zero-order chi connectivity index (χ0) is 41.6. The van der Waals surface area contributed by atoms with Crippen LogP contribution in [0.3, 0.4) is 0 Å². The molecule has 0 aromatic heterocycles. The Labute approximate surface area is 365 Å². The summed E-state index contributed by atoms with van der Waals surface area (Å²) >= 11 is 0. The van der Waals surface area contributed by atoms with E-state index in [1.54, 1.807) is 0 Å². The number of allylic oxidation sites excluding steroid dienone is 5. The minimum Gasteiger partial charge on any atom is -0.0622 e. The Hall–Kier alpha value is -7.80. The van der Waals surface area contributed by atoms with Crippen molar-refractivity contribution in [3.05, 3.63) is 281 Å². The van der Waals surface area contributed by atoms with Crippen molar-refractivity contribution in [1.29, 1.82) is 0 Å². The van der Waals surface area contributed by atoms with Crippen molar-refractivity contribution in [2.24, 2.45) is 0 Å². The molecule has 0 bridgehead atoms. The van der Waals surface area contributed by atoms with Gasteiger partial charge in [0.05, 0.1) is 0 Å². The molecule has 0 heterocycles. The van der Waals surface area contributed by atoms with E-state index in [0.29, 0.717) is 0 Å². The molecule has 0 amide bonds. The van der Waals surface area contributed by atoms with E-state index in [9.17, 15) is 0 Å². The molecule has 9 aromatic carbocycles. The number of hydrogen-bond acceptors (Lipinski definition) is 0. The molecule has 2 aliphatic carbocycles. The zero-order valence-corrected chi connectivity index (χ0v) is 34.9. The fourth-order valence-electron chi connectivity index (χ4n) is 10.3. The van der Waals surface area contributed by atoms with E-state index in [2.05, 4.69) is 244 Å². The van der Waals surface area contributed by atoms with Gasteiger partial charge in [-0.3, -0.25) is 0 Å². The predicted molar refractivity (Wildman–Crippen MR) is 263 cm³/mol. The van der Waals surface area contributed by atoms with Crippen molar-refractivity contribution in [3.63, 3.8) is 0 Å². The van der Waals surface area contributed by atoms with E-state index in [4.69, 9.17) is 0 Å². The SMILES string of the molecule is Cc1c2c(c(C)c(-c3ccccc3)c1-c1ccccc1)C(c1ccccc1-c1ccccc1)=C1C(c3ccccc3)=C(c3ccccc3)C(c3ccccc3-c3ccccc3)=C12. The van der Waals surface area contributed by atoms with Gasteiger partial charge < -0.3 is 0 Å². The Morgan fingerprint density at radius 2 is 0.452 bits per heavy atom. The van der Waals surface area contributed by atoms with Crippen LogP contribution in [0.1, 0.15) is 44.5 Å². The molecule has 0 spiro atoms. The average Bonchev–Trinajstić information content (AvgIpc) is 3.88. The summed E-state index contributed by atoms with van der Waals surface area (Å²) in [4.78, 5) is 0. The van der Waals surface area contributed by atoms with Gasteiger partial charge in [0.25, 0.3) is 0 Å². The highest BCUT2D eigenvalue weighted by Crippen LogP contribution is 2.65. The van der Waals surface area contributed by atoms with E-state index in [1.807, 2.05) is 0 Å². The molecular weight excluding hydrogens is 745 g/mol. The number of benzene rings is 9. The molecule has 0 saturated heterocycles. The summed E-state index contributed by atoms with van der Waals surface area (Å²) in [5, 5.41) is 0. The monoisotopic (exact) mass is 788 g/mol. The molecule has 2 aliphatic rings. The summed E-state index contributed by atoms with van der Waals surface area (Å²) in [5.74, 6) is 0. The first kappa shape index (κ1) is 37.2. The molecule has 0 nitrogen and oxygen atoms in total. The van der Waals surface area contributed by atoms with Crippen molar-refractivity contribution in [1.82, 2.24) is 0 Å². The van der Waals surface area contributed by atoms with E-state index >= 15 is 0 Å². The lowest BCUT2D eigenvalue weighted by Gasteiger charge is -2.25. The fraction of sp³-hybridized carbons (Fsp3) is 0.0323. The van der Waals surface area contributed by atoms with Crippen molar-refractivity contribution in [2.75, 3.05) is 0 Å². The molecule has 0 unspecified atom stereocenters. The van der Waals surface area contributed by atoms with E-state index in [-0.39, 0.29) is 0 Å². The van der Waals surface area contributed by atoms with Crippen molar-refractivity contribution < 1.29 is 0 Å². The highest BCUT2D eigenvalue weighted by atomic mass is 14.5. The predicted octanol–water partition coefficient (Wildman–Crippen LogP) is 16.3. The molecule has 0 fully saturated rings. The third kappa shape index (κ3) is 6.07. The molecule has 62 heavy (non-hydrogen) atoms. The number of hydrogen-bond donors (Lipinski definition) is 0. The van der Waals surface area contributed by atoms with Crippen molar-refractivity contribution in [3.8, 4) is 44.5 Å². The van der Waals surface area contributed by atoms with E-state index in [0.717, 1.165) is 0 Å². The Bertz CT molecular complexity index is 3220. The lowest BCUT2D eigenvalue weighted by Crippen LogP contribution is -2.04. The van der Waals surface area contributed by atoms with Gasteiger partial charge in [0.2, 0.25) is 0 Å². The molecule has 292 valence electrons. The maximum absolute atomic E-state index is 2.38. The standard InChI is InChI=1S/C62H44/c1-41-53(45-29-13-5-14-30-45)54(46-31-15-6-16-32-46)42(2)56-55(41)59(51-39-23-21-37-49(51)43-25-9-3-10-26-43)62-58(48-35-19-8-20-36-48)57(47-33-17-7-18-34-47)60(61(56)62)52-40-24-22-38-50(52)44-27-11-4-12-28-44/h3-40H,1-2H3. The van der Waals surface area contributed by atoms with Crippen LogP contribution >= 0.6 is 0 Å². The Morgan fingerprint density at radius 1 is 0.177 bits per heavy atom. The van der Waals surface area contributed by atoms with Crippen LogP contribution in [0.25, 0.3) is 72.4 Å². The van der Waals surface area contributed by atoms with Crippen LogP contribution in [0.2, 0.25) is 0 Å². The Morgan fingerprint density at radius 3 is 0.839 bits per heavy atom. The van der Waals surface area contributed by atoms with Crippen LogP contribution in [0, 0.1) is 13.8 Å². The van der Waals surface area contributed by atoms with E-state index < -0.39 is 0 Å². The van der Waals surface area contributed by atoms with Gasteiger partial charge in [-0.2, -0.15) is 0 Å². The third-order valence-electron chi connectivity index (χ3n) is 12.8. The minimum absolute atomic E-state index is 1.20. The van der Waals surface area contributed by atoms with Gasteiger partial charge >= 0.3 is 0 Å². The quantitative estimate of drug-likeness (QED) is 0.144. The second-order valence-electron chi connectivity index (χ2n) is 16.3. The van der Waals surface area contributed by atoms with Crippen LogP contribution < -0.4 is 0 Å². The van der Waals surface area contributed by atoms with Crippen LogP contribution in [-0.4, -0.2) is 0 Å². The first-order valence-electron chi connectivity index (χ1n) is 21.6. The van der Waals surface area contributed by atoms with Crippen LogP contribution in [0.15, 0.2) is 236 Å². The minimum atomic E-state index is 1.20. The van der Waals surface area contributed by atoms with Crippen LogP contribution in [-0.2, 0) is 0 Å². The van der Waals surface area contributed by atoms with Crippen LogP contribution in [0.5, 0.6) is 0 Å².